The van der Waals surface area contributed by atoms with Gasteiger partial charge in [-0.2, -0.15) is 0 Å². The monoisotopic (exact) mass is 1800 g/mol. The third kappa shape index (κ3) is 22.4. The zero-order valence-corrected chi connectivity index (χ0v) is 65.9. The number of carbonyl (C=O) groups excluding carboxylic acids is 4. The fourth-order valence-electron chi connectivity index (χ4n) is 15.8. The average molecular weight is 1800 g/mol. The molecule has 0 spiro atoms. The minimum Gasteiger partial charge on any atom is -0.394 e. The van der Waals surface area contributed by atoms with E-state index < -0.39 is 397 Å². The van der Waals surface area contributed by atoms with Crippen molar-refractivity contribution < 1.29 is 252 Å². The predicted octanol–water partition coefficient (Wildman–Crippen LogP) is -22.2. The summed E-state index contributed by atoms with van der Waals surface area (Å²) in [5, 5.41) is 321. The highest BCUT2D eigenvalue weighted by Crippen LogP contribution is 2.41. The molecule has 10 heterocycles. The third-order valence-corrected chi connectivity index (χ3v) is 22.5. The Labute approximate surface area is 695 Å². The average Bonchev–Trinajstić information content (AvgIpc) is 0.763. The van der Waals surface area contributed by atoms with Crippen LogP contribution in [0.3, 0.4) is 0 Å². The predicted molar refractivity (Wildman–Crippen MR) is 376 cm³/mol. The van der Waals surface area contributed by atoms with Crippen LogP contribution in [0.4, 0.5) is 0 Å². The van der Waals surface area contributed by atoms with Gasteiger partial charge in [0, 0.05) is 27.7 Å². The highest BCUT2D eigenvalue weighted by atomic mass is 16.8. The van der Waals surface area contributed by atoms with E-state index in [0.29, 0.717) is 0 Å². The van der Waals surface area contributed by atoms with Crippen molar-refractivity contribution >= 4 is 23.6 Å². The molecule has 10 aliphatic heterocycles. The quantitative estimate of drug-likeness (QED) is 0.0297. The molecule has 123 heavy (non-hydrogen) atoms. The fraction of sp³-hybridized carbons (Fsp3) is 0.941. The number of amides is 4. The van der Waals surface area contributed by atoms with E-state index in [2.05, 4.69) is 21.3 Å². The maximum absolute atomic E-state index is 13.3. The summed E-state index contributed by atoms with van der Waals surface area (Å²) < 4.78 is 112. The summed E-state index contributed by atoms with van der Waals surface area (Å²) in [5.74, 6) is -3.72. The second-order valence-corrected chi connectivity index (χ2v) is 31.0. The van der Waals surface area contributed by atoms with Gasteiger partial charge in [-0.15, -0.1) is 0 Å². The van der Waals surface area contributed by atoms with Crippen molar-refractivity contribution in [3.8, 4) is 0 Å². The van der Waals surface area contributed by atoms with Crippen molar-refractivity contribution in [2.24, 2.45) is 0 Å². The lowest BCUT2D eigenvalue weighted by Crippen LogP contribution is -2.71. The van der Waals surface area contributed by atoms with Gasteiger partial charge in [0.1, 0.15) is 244 Å². The first kappa shape index (κ1) is 101. The van der Waals surface area contributed by atoms with Gasteiger partial charge < -0.3 is 254 Å². The molecule has 10 rings (SSSR count). The van der Waals surface area contributed by atoms with E-state index in [1.165, 1.54) is 0 Å². The summed E-state index contributed by atoms with van der Waals surface area (Å²) in [5.41, 5.74) is 0. The lowest BCUT2D eigenvalue weighted by Gasteiger charge is -2.51. The van der Waals surface area contributed by atoms with Gasteiger partial charge in [-0.05, 0) is 0 Å². The van der Waals surface area contributed by atoms with Gasteiger partial charge in [0.05, 0.1) is 66.1 Å². The van der Waals surface area contributed by atoms with Gasteiger partial charge in [0.15, 0.2) is 62.9 Å². The van der Waals surface area contributed by atoms with Crippen LogP contribution in [0.25, 0.3) is 0 Å². The number of aliphatic hydroxyl groups excluding tert-OH is 28. The van der Waals surface area contributed by atoms with Gasteiger partial charge in [-0.25, -0.2) is 0 Å². The first-order chi connectivity index (χ1) is 58.2. The number of hydrogen-bond acceptors (Lipinski definition) is 51. The Morgan fingerprint density at radius 2 is 0.455 bits per heavy atom. The molecule has 10 saturated heterocycles. The van der Waals surface area contributed by atoms with Crippen molar-refractivity contribution in [1.29, 1.82) is 0 Å². The van der Waals surface area contributed by atoms with Gasteiger partial charge in [0.25, 0.3) is 0 Å². The summed E-state index contributed by atoms with van der Waals surface area (Å²) in [7, 11) is 0. The molecule has 4 amide bonds. The van der Waals surface area contributed by atoms with Crippen LogP contribution >= 0.6 is 0 Å². The van der Waals surface area contributed by atoms with Crippen LogP contribution in [0.15, 0.2) is 0 Å². The maximum Gasteiger partial charge on any atom is 0.217 e. The van der Waals surface area contributed by atoms with E-state index in [1.807, 2.05) is 0 Å². The van der Waals surface area contributed by atoms with Gasteiger partial charge in [-0.3, -0.25) is 19.2 Å². The number of ether oxygens (including phenoxy) is 19. The SMILES string of the molecule is CC(=O)N[C@@H]1[C@@H](O)[C@H](O[C@@H]2O[C@H](CO)[C@@H](O[C@@H]3O[C@H](CO[C@H]4O[C@H](CO[C@H]5O[C@H](CO)[C@@H](O)[C@H](O)[C@@H]5O)[C@@H](O)[C@H](O[C@H]5O[C@H](CO)[C@@H](O)[C@H](O)[C@@H]5O)[C@@H]4O)[C@@H](O)[C@H](O[C@H]4O[C@H](CO)[C@@H](O)[C@H](O)[C@@H]4O[C@@H]4O[C@H](CO)[C@@H](O[C@@H]5O[C@H](CO)[C@H](O)[C@H](O[C@@H]6O[C@H](CO)[C@H](O)[C@H](O)[C@H]6O)[C@H]5NC(C)=O)[C@H](O)[C@H]4NC(C)=O)[C@@H]3O)[C@H](O)[C@H]2NC(C)=O)[C@@H](CO)O[C@H]1O. The Bertz CT molecular complexity index is 3310. The smallest absolute Gasteiger partial charge is 0.217 e. The van der Waals surface area contributed by atoms with Crippen molar-refractivity contribution in [1.82, 2.24) is 21.3 Å². The molecule has 0 aliphatic carbocycles. The first-order valence-electron chi connectivity index (χ1n) is 39.1. The minimum absolute atomic E-state index is 0.804. The second-order valence-electron chi connectivity index (χ2n) is 31.0. The van der Waals surface area contributed by atoms with Crippen LogP contribution < -0.4 is 21.3 Å². The fourth-order valence-corrected chi connectivity index (χ4v) is 15.8. The van der Waals surface area contributed by atoms with E-state index in [4.69, 9.17) is 90.0 Å². The number of hydrogen-bond donors (Lipinski definition) is 32. The summed E-state index contributed by atoms with van der Waals surface area (Å²) in [6, 6.07) is -7.56. The van der Waals surface area contributed by atoms with Crippen LogP contribution in [-0.4, -0.2) is 539 Å². The third-order valence-electron chi connectivity index (χ3n) is 22.5. The van der Waals surface area contributed by atoms with Crippen molar-refractivity contribution in [2.45, 2.75) is 335 Å². The lowest BCUT2D eigenvalue weighted by molar-refractivity contribution is -0.398. The molecule has 0 radical (unpaired) electrons. The Balaban J connectivity index is 0.982. The lowest BCUT2D eigenvalue weighted by atomic mass is 9.93. The van der Waals surface area contributed by atoms with Crippen LogP contribution in [0.1, 0.15) is 27.7 Å². The largest absolute Gasteiger partial charge is 0.394 e. The van der Waals surface area contributed by atoms with Crippen LogP contribution in [-0.2, 0) is 109 Å². The molecule has 0 aromatic rings. The normalized spacial score (nSPS) is 49.4. The van der Waals surface area contributed by atoms with Crippen LogP contribution in [0, 0.1) is 0 Å². The number of aliphatic hydroxyl groups is 28. The van der Waals surface area contributed by atoms with E-state index in [1.54, 1.807) is 0 Å². The molecule has 10 fully saturated rings. The second kappa shape index (κ2) is 44.3. The molecule has 0 aromatic heterocycles. The number of carbonyl (C=O) groups is 4. The summed E-state index contributed by atoms with van der Waals surface area (Å²) in [4.78, 5) is 51.5. The van der Waals surface area contributed by atoms with Gasteiger partial charge >= 0.3 is 0 Å². The topological polar surface area (TPSA) is 858 Å². The van der Waals surface area contributed by atoms with E-state index in [0.717, 1.165) is 27.7 Å². The Kier molecular flexibility index (Phi) is 36.4. The zero-order chi connectivity index (χ0) is 90.5. The highest BCUT2D eigenvalue weighted by molar-refractivity contribution is 5.74. The zero-order valence-electron chi connectivity index (χ0n) is 65.9. The number of rotatable bonds is 32. The summed E-state index contributed by atoms with van der Waals surface area (Å²) in [6.07, 6.45) is -97.3. The molecular formula is C68H114N4O51. The Morgan fingerprint density at radius 1 is 0.211 bits per heavy atom. The molecule has 55 nitrogen and oxygen atoms in total. The highest BCUT2D eigenvalue weighted by Gasteiger charge is 2.62. The molecule has 712 valence electrons. The molecule has 0 unspecified atom stereocenters. The molecular weight excluding hydrogens is 1690 g/mol. The van der Waals surface area contributed by atoms with Gasteiger partial charge in [0.2, 0.25) is 23.6 Å². The minimum atomic E-state index is -2.63. The van der Waals surface area contributed by atoms with Crippen molar-refractivity contribution in [3.05, 3.63) is 0 Å². The number of nitrogens with one attached hydrogen (secondary N) is 4. The molecule has 50 atom stereocenters. The molecule has 55 heteroatoms. The Hall–Kier alpha value is -4.00. The Morgan fingerprint density at radius 3 is 0.870 bits per heavy atom. The van der Waals surface area contributed by atoms with Gasteiger partial charge in [-0.1, -0.05) is 0 Å². The molecule has 10 aliphatic rings. The standard InChI is InChI=1S/C68H114N4O51/c1-15(81)69-29-40(92)52(24(10-78)107-59(29)104)117-60-30(70-16(2)82)42(94)54(26(12-80)113-60)119-67-51(103)57(39(91)28(116-67)14-106-64-50(102)56(121-66-49(101)45(97)35(87)21(7-75)111-66)38(90)27(115-64)13-105-63-47(99)43(95)33(85)19(5-73)109-63)122-68-58(46(98)36(88)22(8-76)112-68)123-61-31(71-17(3)83)41(93)53(25(11-79)114-61)118-62-32(72-18(4)84)55(37(89)23(9-77)108-62)120-65-48(100)44(96)34(86)20(6-74)110-65/h19-68,73-80,85-104H,5-14H2,1-4H3,(H,69,81)(H,70,82)(H,71,83)(H,72,84)/t19-,20-,21-,22-,23-,24-,25-,26-,27-,28-,29-,30-,31-,32-,33-,34+,35-,36-,37+,38-,39-,40-,41-,42-,43+,44+,45+,46+,47+,48-,49+,50+,51+,52-,53-,54-,55-,56+,57+,58+,59-,60+,61+,62+,63+,64+,65+,66-,67+,68-/m1/s1. The first-order valence-corrected chi connectivity index (χ1v) is 39.1. The molecule has 0 bridgehead atoms. The van der Waals surface area contributed by atoms with Crippen molar-refractivity contribution in [2.75, 3.05) is 66.1 Å². The van der Waals surface area contributed by atoms with E-state index in [-0.39, 0.29) is 0 Å². The van der Waals surface area contributed by atoms with E-state index >= 15 is 0 Å². The summed E-state index contributed by atoms with van der Waals surface area (Å²) >= 11 is 0. The molecule has 0 saturated carbocycles. The molecule has 32 N–H and O–H groups in total. The molecule has 0 aromatic carbocycles. The summed E-state index contributed by atoms with van der Waals surface area (Å²) in [6.45, 7) is -7.27. The maximum atomic E-state index is 13.3. The van der Waals surface area contributed by atoms with E-state index in [9.17, 15) is 162 Å². The van der Waals surface area contributed by atoms with Crippen LogP contribution in [0.2, 0.25) is 0 Å². The van der Waals surface area contributed by atoms with Crippen molar-refractivity contribution in [3.63, 3.8) is 0 Å². The van der Waals surface area contributed by atoms with Crippen LogP contribution in [0.5, 0.6) is 0 Å².